The average molecular weight is 533 g/mol. The molecule has 3 heterocycles. The fourth-order valence-corrected chi connectivity index (χ4v) is 3.72. The van der Waals surface area contributed by atoms with Crippen molar-refractivity contribution in [3.05, 3.63) is 34.0 Å². The van der Waals surface area contributed by atoms with E-state index < -0.39 is 0 Å². The van der Waals surface area contributed by atoms with Crippen molar-refractivity contribution in [1.82, 2.24) is 30.3 Å². The Kier molecular flexibility index (Phi) is 9.31. The van der Waals surface area contributed by atoms with Crippen molar-refractivity contribution in [3.63, 3.8) is 0 Å². The molecule has 162 valence electrons. The summed E-state index contributed by atoms with van der Waals surface area (Å²) in [6.45, 7) is 12.0. The number of guanidine groups is 1. The van der Waals surface area contributed by atoms with Crippen LogP contribution in [0.2, 0.25) is 0 Å². The Hall–Kier alpha value is -1.24. The molecule has 0 atom stereocenters. The zero-order valence-corrected chi connectivity index (χ0v) is 20.8. The van der Waals surface area contributed by atoms with E-state index in [1.807, 2.05) is 18.5 Å². The minimum Gasteiger partial charge on any atom is -0.379 e. The third-order valence-corrected chi connectivity index (χ3v) is 6.00. The summed E-state index contributed by atoms with van der Waals surface area (Å²) in [7, 11) is 1.97. The topological polar surface area (TPSA) is 79.6 Å². The van der Waals surface area contributed by atoms with E-state index in [1.54, 1.807) is 11.3 Å². The van der Waals surface area contributed by atoms with Crippen LogP contribution >= 0.6 is 35.3 Å². The van der Waals surface area contributed by atoms with E-state index in [1.165, 1.54) is 4.88 Å². The van der Waals surface area contributed by atoms with Crippen LogP contribution in [-0.4, -0.2) is 64.0 Å². The van der Waals surface area contributed by atoms with Gasteiger partial charge in [-0.2, -0.15) is 0 Å². The van der Waals surface area contributed by atoms with Crippen LogP contribution in [0.4, 0.5) is 0 Å². The summed E-state index contributed by atoms with van der Waals surface area (Å²) < 4.78 is 7.46. The highest BCUT2D eigenvalue weighted by Gasteiger charge is 2.28. The summed E-state index contributed by atoms with van der Waals surface area (Å²) in [6.07, 6.45) is 0. The first-order chi connectivity index (χ1) is 13.5. The van der Waals surface area contributed by atoms with E-state index in [-0.39, 0.29) is 29.5 Å². The van der Waals surface area contributed by atoms with Gasteiger partial charge in [0.25, 0.3) is 0 Å². The second-order valence-corrected chi connectivity index (χ2v) is 8.62. The van der Waals surface area contributed by atoms with E-state index in [2.05, 4.69) is 57.1 Å². The Morgan fingerprint density at radius 3 is 2.66 bits per heavy atom. The van der Waals surface area contributed by atoms with Gasteiger partial charge < -0.3 is 19.9 Å². The van der Waals surface area contributed by atoms with Crippen molar-refractivity contribution in [2.75, 3.05) is 32.8 Å². The summed E-state index contributed by atoms with van der Waals surface area (Å²) in [5.41, 5.74) is 0.0104. The zero-order valence-electron chi connectivity index (χ0n) is 17.6. The van der Waals surface area contributed by atoms with Crippen molar-refractivity contribution in [1.29, 1.82) is 0 Å². The molecular formula is C19H32IN7OS. The molecule has 8 nitrogen and oxygen atoms in total. The normalized spacial score (nSPS) is 15.8. The Morgan fingerprint density at radius 2 is 2.03 bits per heavy atom. The van der Waals surface area contributed by atoms with E-state index >= 15 is 0 Å². The number of thiophene rings is 1. The van der Waals surface area contributed by atoms with Crippen LogP contribution in [0.1, 0.15) is 30.4 Å². The molecule has 1 aliphatic heterocycles. The fourth-order valence-electron chi connectivity index (χ4n) is 3.08. The van der Waals surface area contributed by atoms with Crippen LogP contribution in [0.3, 0.4) is 0 Å². The highest BCUT2D eigenvalue weighted by atomic mass is 127. The van der Waals surface area contributed by atoms with Gasteiger partial charge in [0, 0.05) is 37.1 Å². The second-order valence-electron chi connectivity index (χ2n) is 7.59. The SMILES string of the molecule is Cc1nnc(CN=C(NCc2cccs2)NCC(C)(C)N2CCOCC2)n1C.I. The number of aliphatic imine (C=N–C) groups is 1. The predicted octanol–water partition coefficient (Wildman–Crippen LogP) is 2.15. The minimum atomic E-state index is 0. The molecule has 1 aliphatic rings. The molecule has 1 fully saturated rings. The number of rotatable bonds is 7. The molecule has 0 spiro atoms. The smallest absolute Gasteiger partial charge is 0.192 e. The molecule has 0 amide bonds. The van der Waals surface area contributed by atoms with E-state index in [0.29, 0.717) is 6.54 Å². The molecular weight excluding hydrogens is 501 g/mol. The molecule has 2 N–H and O–H groups in total. The van der Waals surface area contributed by atoms with Gasteiger partial charge in [0.05, 0.1) is 19.8 Å². The molecule has 2 aromatic heterocycles. The van der Waals surface area contributed by atoms with E-state index in [9.17, 15) is 0 Å². The van der Waals surface area contributed by atoms with Crippen molar-refractivity contribution in [2.24, 2.45) is 12.0 Å². The number of nitrogens with zero attached hydrogens (tertiary/aromatic N) is 5. The number of aromatic nitrogens is 3. The largest absolute Gasteiger partial charge is 0.379 e. The summed E-state index contributed by atoms with van der Waals surface area (Å²) >= 11 is 1.74. The van der Waals surface area contributed by atoms with Gasteiger partial charge in [-0.05, 0) is 32.2 Å². The van der Waals surface area contributed by atoms with Crippen LogP contribution in [0, 0.1) is 6.92 Å². The van der Waals surface area contributed by atoms with Crippen molar-refractivity contribution < 1.29 is 4.74 Å². The molecule has 0 bridgehead atoms. The lowest BCUT2D eigenvalue weighted by Crippen LogP contribution is -2.56. The first-order valence-corrected chi connectivity index (χ1v) is 10.6. The number of hydrogen-bond acceptors (Lipinski definition) is 6. The molecule has 0 saturated carbocycles. The number of hydrogen-bond donors (Lipinski definition) is 2. The number of halogens is 1. The lowest BCUT2D eigenvalue weighted by molar-refractivity contribution is -0.00834. The van der Waals surface area contributed by atoms with Gasteiger partial charge >= 0.3 is 0 Å². The average Bonchev–Trinajstić information content (AvgIpc) is 3.33. The Balaban J connectivity index is 0.00000300. The van der Waals surface area contributed by atoms with Gasteiger partial charge in [0.2, 0.25) is 0 Å². The Morgan fingerprint density at radius 1 is 1.28 bits per heavy atom. The summed E-state index contributed by atoms with van der Waals surface area (Å²) in [5.74, 6) is 2.53. The zero-order chi connectivity index (χ0) is 20.0. The quantitative estimate of drug-likeness (QED) is 0.323. The monoisotopic (exact) mass is 533 g/mol. The van der Waals surface area contributed by atoms with Gasteiger partial charge in [-0.1, -0.05) is 6.07 Å². The number of aryl methyl sites for hydroxylation is 1. The van der Waals surface area contributed by atoms with E-state index in [0.717, 1.165) is 57.0 Å². The van der Waals surface area contributed by atoms with Crippen molar-refractivity contribution >= 4 is 41.3 Å². The van der Waals surface area contributed by atoms with Gasteiger partial charge in [-0.3, -0.25) is 4.90 Å². The summed E-state index contributed by atoms with van der Waals surface area (Å²) in [4.78, 5) is 8.49. The summed E-state index contributed by atoms with van der Waals surface area (Å²) in [6, 6.07) is 4.19. The molecule has 0 aromatic carbocycles. The molecule has 10 heteroatoms. The molecule has 2 aromatic rings. The molecule has 0 unspecified atom stereocenters. The third kappa shape index (κ3) is 6.90. The van der Waals surface area contributed by atoms with Crippen molar-refractivity contribution in [2.45, 2.75) is 39.4 Å². The van der Waals surface area contributed by atoms with Gasteiger partial charge in [0.15, 0.2) is 11.8 Å². The first kappa shape index (κ1) is 24.0. The van der Waals surface area contributed by atoms with Crippen LogP contribution in [0.5, 0.6) is 0 Å². The second kappa shape index (κ2) is 11.2. The number of ether oxygens (including phenoxy) is 1. The lowest BCUT2D eigenvalue weighted by Gasteiger charge is -2.41. The molecule has 0 aliphatic carbocycles. The Bertz CT molecular complexity index is 770. The van der Waals surface area contributed by atoms with Gasteiger partial charge in [-0.25, -0.2) is 4.99 Å². The molecule has 29 heavy (non-hydrogen) atoms. The molecule has 0 radical (unpaired) electrons. The minimum absolute atomic E-state index is 0. The fraction of sp³-hybridized carbons (Fsp3) is 0.632. The highest BCUT2D eigenvalue weighted by molar-refractivity contribution is 14.0. The van der Waals surface area contributed by atoms with E-state index in [4.69, 9.17) is 9.73 Å². The Labute approximate surface area is 194 Å². The van der Waals surface area contributed by atoms with Crippen LogP contribution < -0.4 is 10.6 Å². The van der Waals surface area contributed by atoms with Crippen LogP contribution in [-0.2, 0) is 24.9 Å². The van der Waals surface area contributed by atoms with Crippen LogP contribution in [0.15, 0.2) is 22.5 Å². The standard InChI is InChI=1S/C19H31N7OS.HI/c1-15-23-24-17(25(15)4)13-21-18(20-12-16-6-5-11-28-16)22-14-19(2,3)26-7-9-27-10-8-26;/h5-6,11H,7-10,12-14H2,1-4H3,(H2,20,21,22);1H. The molecule has 1 saturated heterocycles. The maximum absolute atomic E-state index is 5.49. The molecule has 3 rings (SSSR count). The highest BCUT2D eigenvalue weighted by Crippen LogP contribution is 2.15. The predicted molar refractivity (Wildman–Crippen MR) is 128 cm³/mol. The summed E-state index contributed by atoms with van der Waals surface area (Å²) in [5, 5.41) is 17.4. The number of morpholine rings is 1. The number of nitrogens with one attached hydrogen (secondary N) is 2. The van der Waals surface area contributed by atoms with Crippen LogP contribution in [0.25, 0.3) is 0 Å². The first-order valence-electron chi connectivity index (χ1n) is 9.68. The van der Waals surface area contributed by atoms with Gasteiger partial charge in [0.1, 0.15) is 12.4 Å². The maximum Gasteiger partial charge on any atom is 0.192 e. The van der Waals surface area contributed by atoms with Gasteiger partial charge in [-0.15, -0.1) is 45.5 Å². The van der Waals surface area contributed by atoms with Crippen molar-refractivity contribution in [3.8, 4) is 0 Å². The lowest BCUT2D eigenvalue weighted by atomic mass is 10.0. The third-order valence-electron chi connectivity index (χ3n) is 5.13. The maximum atomic E-state index is 5.49.